The molecule has 0 aliphatic carbocycles. The van der Waals surface area contributed by atoms with Gasteiger partial charge < -0.3 is 14.5 Å². The van der Waals surface area contributed by atoms with Crippen LogP contribution in [0.3, 0.4) is 0 Å². The molecule has 0 unspecified atom stereocenters. The molecule has 1 fully saturated rings. The first-order chi connectivity index (χ1) is 15.8. The van der Waals surface area contributed by atoms with Gasteiger partial charge in [0.05, 0.1) is 18.5 Å². The monoisotopic (exact) mass is 430 g/mol. The van der Waals surface area contributed by atoms with Crippen molar-refractivity contribution in [2.75, 3.05) is 31.2 Å². The molecule has 6 nitrogen and oxygen atoms in total. The summed E-state index contributed by atoms with van der Waals surface area (Å²) in [6.45, 7) is 5.25. The Kier molecular flexibility index (Phi) is 7.69. The Hall–Kier alpha value is -3.41. The van der Waals surface area contributed by atoms with E-state index in [-0.39, 0.29) is 0 Å². The lowest BCUT2D eigenvalue weighted by Gasteiger charge is -2.32. The molecule has 1 aromatic heterocycles. The summed E-state index contributed by atoms with van der Waals surface area (Å²) in [5, 5.41) is 12.8. The van der Waals surface area contributed by atoms with Gasteiger partial charge in [-0.15, -0.1) is 10.2 Å². The Morgan fingerprint density at radius 1 is 0.969 bits per heavy atom. The minimum absolute atomic E-state index is 0.574. The van der Waals surface area contributed by atoms with E-state index in [1.165, 1.54) is 0 Å². The molecular weight excluding hydrogens is 400 g/mol. The summed E-state index contributed by atoms with van der Waals surface area (Å²) in [7, 11) is 0. The molecule has 0 N–H and O–H groups in total. The van der Waals surface area contributed by atoms with Crippen LogP contribution in [0, 0.1) is 5.92 Å². The highest BCUT2D eigenvalue weighted by Crippen LogP contribution is 2.25. The second kappa shape index (κ2) is 11.3. The summed E-state index contributed by atoms with van der Waals surface area (Å²) in [5.41, 5.74) is 3.01. The quantitative estimate of drug-likeness (QED) is 0.345. The number of benzene rings is 2. The highest BCUT2D eigenvalue weighted by atomic mass is 16.6. The fourth-order valence-electron chi connectivity index (χ4n) is 3.87. The molecule has 1 aliphatic rings. The molecule has 32 heavy (non-hydrogen) atoms. The number of ether oxygens (including phenoxy) is 1. The third kappa shape index (κ3) is 6.06. The zero-order chi connectivity index (χ0) is 22.0. The molecule has 1 saturated heterocycles. The van der Waals surface area contributed by atoms with Crippen LogP contribution in [-0.4, -0.2) is 42.7 Å². The van der Waals surface area contributed by atoms with Crippen molar-refractivity contribution >= 4 is 12.0 Å². The maximum atomic E-state index is 5.94. The number of anilines is 1. The van der Waals surface area contributed by atoms with E-state index in [0.717, 1.165) is 67.3 Å². The lowest BCUT2D eigenvalue weighted by Crippen LogP contribution is -2.34. The van der Waals surface area contributed by atoms with Gasteiger partial charge in [-0.25, -0.2) is 0 Å². The van der Waals surface area contributed by atoms with Crippen molar-refractivity contribution in [3.63, 3.8) is 0 Å². The van der Waals surface area contributed by atoms with Crippen molar-refractivity contribution < 1.29 is 9.57 Å². The van der Waals surface area contributed by atoms with Crippen LogP contribution in [0.25, 0.3) is 11.3 Å². The molecule has 0 radical (unpaired) electrons. The van der Waals surface area contributed by atoms with E-state index in [2.05, 4.69) is 44.5 Å². The third-order valence-electron chi connectivity index (χ3n) is 5.74. The molecule has 0 saturated carbocycles. The van der Waals surface area contributed by atoms with E-state index in [9.17, 15) is 0 Å². The summed E-state index contributed by atoms with van der Waals surface area (Å²) >= 11 is 0. The highest BCUT2D eigenvalue weighted by Gasteiger charge is 2.20. The standard InChI is InChI=1S/C26H30N4O2/c1-2-32-27-20-22-8-10-24(11-9-22)31-19-16-21-14-17-30(18-15-21)26-13-12-25(28-29-26)23-6-4-3-5-7-23/h3-13,20-21H,2,14-19H2,1H3. The number of rotatable bonds is 9. The predicted molar refractivity (Wildman–Crippen MR) is 128 cm³/mol. The molecule has 4 rings (SSSR count). The van der Waals surface area contributed by atoms with Gasteiger partial charge in [0.15, 0.2) is 5.82 Å². The van der Waals surface area contributed by atoms with Crippen LogP contribution in [0.1, 0.15) is 31.7 Å². The van der Waals surface area contributed by atoms with Crippen molar-refractivity contribution in [1.82, 2.24) is 10.2 Å². The zero-order valence-electron chi connectivity index (χ0n) is 18.6. The number of nitrogens with zero attached hydrogens (tertiary/aromatic N) is 4. The average molecular weight is 431 g/mol. The minimum atomic E-state index is 0.574. The van der Waals surface area contributed by atoms with E-state index in [0.29, 0.717) is 12.5 Å². The van der Waals surface area contributed by atoms with Crippen molar-refractivity contribution in [2.45, 2.75) is 26.2 Å². The molecule has 0 spiro atoms. The Morgan fingerprint density at radius 2 is 1.75 bits per heavy atom. The van der Waals surface area contributed by atoms with Crippen molar-refractivity contribution in [2.24, 2.45) is 11.1 Å². The minimum Gasteiger partial charge on any atom is -0.494 e. The number of piperidine rings is 1. The van der Waals surface area contributed by atoms with Crippen LogP contribution in [-0.2, 0) is 4.84 Å². The van der Waals surface area contributed by atoms with Crippen LogP contribution in [0.2, 0.25) is 0 Å². The second-order valence-corrected chi connectivity index (χ2v) is 7.93. The maximum absolute atomic E-state index is 5.94. The van der Waals surface area contributed by atoms with Crippen molar-refractivity contribution in [3.05, 3.63) is 72.3 Å². The zero-order valence-corrected chi connectivity index (χ0v) is 18.6. The van der Waals surface area contributed by atoms with Gasteiger partial charge in [-0.1, -0.05) is 35.5 Å². The number of aromatic nitrogens is 2. The summed E-state index contributed by atoms with van der Waals surface area (Å²) < 4.78 is 5.94. The first-order valence-electron chi connectivity index (χ1n) is 11.3. The molecule has 2 aromatic carbocycles. The van der Waals surface area contributed by atoms with Gasteiger partial charge in [-0.3, -0.25) is 0 Å². The Morgan fingerprint density at radius 3 is 2.44 bits per heavy atom. The second-order valence-electron chi connectivity index (χ2n) is 7.93. The summed E-state index contributed by atoms with van der Waals surface area (Å²) in [4.78, 5) is 7.32. The molecule has 166 valence electrons. The van der Waals surface area contributed by atoms with E-state index >= 15 is 0 Å². The van der Waals surface area contributed by atoms with Crippen molar-refractivity contribution in [1.29, 1.82) is 0 Å². The molecular formula is C26H30N4O2. The lowest BCUT2D eigenvalue weighted by atomic mass is 9.94. The topological polar surface area (TPSA) is 59.8 Å². The number of oxime groups is 1. The Balaban J connectivity index is 1.19. The fraction of sp³-hybridized carbons (Fsp3) is 0.346. The smallest absolute Gasteiger partial charge is 0.151 e. The predicted octanol–water partition coefficient (Wildman–Crippen LogP) is 5.20. The lowest BCUT2D eigenvalue weighted by molar-refractivity contribution is 0.160. The number of hydrogen-bond acceptors (Lipinski definition) is 6. The first kappa shape index (κ1) is 21.8. The molecule has 2 heterocycles. The Labute approximate surface area is 189 Å². The highest BCUT2D eigenvalue weighted by molar-refractivity contribution is 5.79. The third-order valence-corrected chi connectivity index (χ3v) is 5.74. The van der Waals surface area contributed by atoms with E-state index in [4.69, 9.17) is 9.57 Å². The first-order valence-corrected chi connectivity index (χ1v) is 11.3. The molecule has 6 heteroatoms. The van der Waals surface area contributed by atoms with E-state index < -0.39 is 0 Å². The molecule has 1 aliphatic heterocycles. The number of hydrogen-bond donors (Lipinski definition) is 0. The van der Waals surface area contributed by atoms with Gasteiger partial charge in [0, 0.05) is 18.7 Å². The molecule has 0 atom stereocenters. The van der Waals surface area contributed by atoms with Crippen LogP contribution in [0.5, 0.6) is 5.75 Å². The largest absolute Gasteiger partial charge is 0.494 e. The molecule has 0 bridgehead atoms. The van der Waals surface area contributed by atoms with Gasteiger partial charge in [0.2, 0.25) is 0 Å². The van der Waals surface area contributed by atoms with Gasteiger partial charge in [0.25, 0.3) is 0 Å². The van der Waals surface area contributed by atoms with Crippen LogP contribution < -0.4 is 9.64 Å². The van der Waals surface area contributed by atoms with Gasteiger partial charge in [-0.05, 0) is 74.1 Å². The molecule has 3 aromatic rings. The van der Waals surface area contributed by atoms with Crippen LogP contribution >= 0.6 is 0 Å². The summed E-state index contributed by atoms with van der Waals surface area (Å²) in [6, 6.07) is 22.2. The van der Waals surface area contributed by atoms with Gasteiger partial charge >= 0.3 is 0 Å². The molecule has 0 amide bonds. The maximum Gasteiger partial charge on any atom is 0.151 e. The van der Waals surface area contributed by atoms with Crippen molar-refractivity contribution in [3.8, 4) is 17.0 Å². The van der Waals surface area contributed by atoms with Gasteiger partial charge in [0.1, 0.15) is 12.4 Å². The van der Waals surface area contributed by atoms with E-state index in [1.807, 2.05) is 49.4 Å². The average Bonchev–Trinajstić information content (AvgIpc) is 2.86. The fourth-order valence-corrected chi connectivity index (χ4v) is 3.87. The Bertz CT molecular complexity index is 967. The summed E-state index contributed by atoms with van der Waals surface area (Å²) in [6.07, 6.45) is 5.08. The van der Waals surface area contributed by atoms with E-state index in [1.54, 1.807) is 6.21 Å². The van der Waals surface area contributed by atoms with Gasteiger partial charge in [-0.2, -0.15) is 0 Å². The SMILES string of the molecule is CCON=Cc1ccc(OCCC2CCN(c3ccc(-c4ccccc4)nn3)CC2)cc1. The van der Waals surface area contributed by atoms with Crippen LogP contribution in [0.4, 0.5) is 5.82 Å². The normalized spacial score (nSPS) is 14.6. The van der Waals surface area contributed by atoms with Crippen LogP contribution in [0.15, 0.2) is 71.9 Å². The summed E-state index contributed by atoms with van der Waals surface area (Å²) in [5.74, 6) is 2.54.